The van der Waals surface area contributed by atoms with Gasteiger partial charge in [-0.25, -0.2) is 0 Å². The number of nitrogens with zero attached hydrogens (tertiary/aromatic N) is 1. The third-order valence-electron chi connectivity index (χ3n) is 2.51. The average Bonchev–Trinajstić information content (AvgIpc) is 2.78. The summed E-state index contributed by atoms with van der Waals surface area (Å²) in [6, 6.07) is 4.22. The zero-order valence-electron chi connectivity index (χ0n) is 10.1. The molecule has 0 saturated heterocycles. The first kappa shape index (κ1) is 13.6. The monoisotopic (exact) mass is 242 g/mol. The van der Waals surface area contributed by atoms with Crippen LogP contribution in [-0.4, -0.2) is 42.3 Å². The van der Waals surface area contributed by atoms with Gasteiger partial charge in [0.25, 0.3) is 0 Å². The summed E-state index contributed by atoms with van der Waals surface area (Å²) in [4.78, 5) is 3.63. The molecule has 3 nitrogen and oxygen atoms in total. The number of hydrogen-bond acceptors (Lipinski definition) is 4. The highest BCUT2D eigenvalue weighted by Gasteiger charge is 2.10. The van der Waals surface area contributed by atoms with Gasteiger partial charge in [0.1, 0.15) is 0 Å². The second-order valence-electron chi connectivity index (χ2n) is 3.87. The van der Waals surface area contributed by atoms with Gasteiger partial charge in [0.15, 0.2) is 0 Å². The largest absolute Gasteiger partial charge is 0.390 e. The van der Waals surface area contributed by atoms with Crippen LogP contribution in [0, 0.1) is 0 Å². The molecule has 1 rings (SSSR count). The molecule has 0 spiro atoms. The molecule has 92 valence electrons. The molecular weight excluding hydrogens is 220 g/mol. The van der Waals surface area contributed by atoms with E-state index in [1.54, 1.807) is 11.3 Å². The number of aliphatic hydroxyl groups is 1. The standard InChI is InChI=1S/C12H22N2OS/c1-3-13-8-11(15)9-14(4-2)10-12-6-5-7-16-12/h5-7,11,13,15H,3-4,8-10H2,1-2H3. The van der Waals surface area contributed by atoms with Gasteiger partial charge in [-0.15, -0.1) is 11.3 Å². The minimum Gasteiger partial charge on any atom is -0.390 e. The van der Waals surface area contributed by atoms with Crippen LogP contribution in [0.5, 0.6) is 0 Å². The van der Waals surface area contributed by atoms with E-state index in [2.05, 4.69) is 41.6 Å². The Kier molecular flexibility index (Phi) is 6.64. The fraction of sp³-hybridized carbons (Fsp3) is 0.667. The minimum absolute atomic E-state index is 0.278. The van der Waals surface area contributed by atoms with Crippen molar-refractivity contribution in [1.82, 2.24) is 10.2 Å². The summed E-state index contributed by atoms with van der Waals surface area (Å²) in [5.74, 6) is 0. The second kappa shape index (κ2) is 7.79. The van der Waals surface area contributed by atoms with Gasteiger partial charge >= 0.3 is 0 Å². The van der Waals surface area contributed by atoms with Crippen molar-refractivity contribution < 1.29 is 5.11 Å². The quantitative estimate of drug-likeness (QED) is 0.726. The van der Waals surface area contributed by atoms with Crippen molar-refractivity contribution in [2.75, 3.05) is 26.2 Å². The van der Waals surface area contributed by atoms with Gasteiger partial charge in [-0.1, -0.05) is 19.9 Å². The van der Waals surface area contributed by atoms with E-state index in [4.69, 9.17) is 0 Å². The molecule has 0 aliphatic heterocycles. The first-order valence-electron chi connectivity index (χ1n) is 5.89. The molecule has 0 amide bonds. The number of nitrogens with one attached hydrogen (secondary N) is 1. The Morgan fingerprint density at radius 3 is 2.88 bits per heavy atom. The molecule has 0 bridgehead atoms. The zero-order chi connectivity index (χ0) is 11.8. The third kappa shape index (κ3) is 5.07. The van der Waals surface area contributed by atoms with Crippen molar-refractivity contribution in [2.45, 2.75) is 26.5 Å². The molecule has 1 atom stereocenters. The summed E-state index contributed by atoms with van der Waals surface area (Å²) in [6.07, 6.45) is -0.278. The Hall–Kier alpha value is -0.420. The molecule has 1 aromatic rings. The van der Waals surface area contributed by atoms with E-state index >= 15 is 0 Å². The van der Waals surface area contributed by atoms with Crippen LogP contribution in [0.1, 0.15) is 18.7 Å². The van der Waals surface area contributed by atoms with E-state index in [0.29, 0.717) is 6.54 Å². The molecule has 1 aromatic heterocycles. The van der Waals surface area contributed by atoms with Crippen molar-refractivity contribution in [1.29, 1.82) is 0 Å². The van der Waals surface area contributed by atoms with Gasteiger partial charge in [-0.05, 0) is 24.5 Å². The fourth-order valence-corrected chi connectivity index (χ4v) is 2.35. The SMILES string of the molecule is CCNCC(O)CN(CC)Cc1cccs1. The summed E-state index contributed by atoms with van der Waals surface area (Å²) in [5, 5.41) is 15.1. The summed E-state index contributed by atoms with van der Waals surface area (Å²) < 4.78 is 0. The predicted molar refractivity (Wildman–Crippen MR) is 69.8 cm³/mol. The maximum absolute atomic E-state index is 9.81. The Bertz CT molecular complexity index is 264. The normalized spacial score (nSPS) is 13.2. The van der Waals surface area contributed by atoms with E-state index in [9.17, 15) is 5.11 Å². The molecule has 0 radical (unpaired) electrons. The number of hydrogen-bond donors (Lipinski definition) is 2. The van der Waals surface area contributed by atoms with E-state index in [-0.39, 0.29) is 6.10 Å². The minimum atomic E-state index is -0.278. The molecular formula is C12H22N2OS. The van der Waals surface area contributed by atoms with Crippen molar-refractivity contribution in [3.8, 4) is 0 Å². The highest BCUT2D eigenvalue weighted by atomic mass is 32.1. The molecule has 0 aliphatic rings. The molecule has 16 heavy (non-hydrogen) atoms. The van der Waals surface area contributed by atoms with Crippen LogP contribution in [0.15, 0.2) is 17.5 Å². The summed E-state index contributed by atoms with van der Waals surface area (Å²) in [5.41, 5.74) is 0. The maximum Gasteiger partial charge on any atom is 0.0791 e. The van der Waals surface area contributed by atoms with E-state index in [0.717, 1.165) is 26.2 Å². The zero-order valence-corrected chi connectivity index (χ0v) is 11.0. The van der Waals surface area contributed by atoms with Gasteiger partial charge in [0, 0.05) is 24.5 Å². The first-order chi connectivity index (χ1) is 7.76. The van der Waals surface area contributed by atoms with Crippen molar-refractivity contribution in [2.24, 2.45) is 0 Å². The molecule has 1 heterocycles. The van der Waals surface area contributed by atoms with Crippen LogP contribution in [-0.2, 0) is 6.54 Å². The lowest BCUT2D eigenvalue weighted by molar-refractivity contribution is 0.111. The fourth-order valence-electron chi connectivity index (χ4n) is 1.60. The van der Waals surface area contributed by atoms with Crippen molar-refractivity contribution >= 4 is 11.3 Å². The number of aliphatic hydroxyl groups excluding tert-OH is 1. The molecule has 1 unspecified atom stereocenters. The smallest absolute Gasteiger partial charge is 0.0791 e. The molecule has 4 heteroatoms. The van der Waals surface area contributed by atoms with Crippen LogP contribution in [0.2, 0.25) is 0 Å². The Labute approximate surface area is 102 Å². The third-order valence-corrected chi connectivity index (χ3v) is 3.37. The van der Waals surface area contributed by atoms with Gasteiger partial charge in [0.2, 0.25) is 0 Å². The van der Waals surface area contributed by atoms with Crippen LogP contribution in [0.4, 0.5) is 0 Å². The summed E-state index contributed by atoms with van der Waals surface area (Å²) in [6.45, 7) is 8.43. The molecule has 0 aliphatic carbocycles. The predicted octanol–water partition coefficient (Wildman–Crippen LogP) is 1.54. The lowest BCUT2D eigenvalue weighted by atomic mass is 10.3. The number of likely N-dealkylation sites (N-methyl/N-ethyl adjacent to an activating group) is 2. The van der Waals surface area contributed by atoms with Crippen LogP contribution < -0.4 is 5.32 Å². The lowest BCUT2D eigenvalue weighted by Gasteiger charge is -2.23. The van der Waals surface area contributed by atoms with Crippen LogP contribution in [0.25, 0.3) is 0 Å². The Balaban J connectivity index is 2.31. The lowest BCUT2D eigenvalue weighted by Crippen LogP contribution is -2.37. The molecule has 0 aromatic carbocycles. The first-order valence-corrected chi connectivity index (χ1v) is 6.77. The average molecular weight is 242 g/mol. The van der Waals surface area contributed by atoms with E-state index in [1.807, 2.05) is 0 Å². The highest BCUT2D eigenvalue weighted by Crippen LogP contribution is 2.11. The van der Waals surface area contributed by atoms with Gasteiger partial charge in [0.05, 0.1) is 6.10 Å². The van der Waals surface area contributed by atoms with Crippen molar-refractivity contribution in [3.05, 3.63) is 22.4 Å². The summed E-state index contributed by atoms with van der Waals surface area (Å²) >= 11 is 1.77. The van der Waals surface area contributed by atoms with Crippen LogP contribution in [0.3, 0.4) is 0 Å². The van der Waals surface area contributed by atoms with E-state index in [1.165, 1.54) is 4.88 Å². The number of rotatable bonds is 8. The van der Waals surface area contributed by atoms with Gasteiger partial charge in [-0.3, -0.25) is 4.90 Å². The maximum atomic E-state index is 9.81. The Morgan fingerprint density at radius 1 is 1.50 bits per heavy atom. The van der Waals surface area contributed by atoms with Gasteiger partial charge in [-0.2, -0.15) is 0 Å². The Morgan fingerprint density at radius 2 is 2.31 bits per heavy atom. The second-order valence-corrected chi connectivity index (χ2v) is 4.90. The molecule has 0 saturated carbocycles. The van der Waals surface area contributed by atoms with Crippen molar-refractivity contribution in [3.63, 3.8) is 0 Å². The highest BCUT2D eigenvalue weighted by molar-refractivity contribution is 7.09. The summed E-state index contributed by atoms with van der Waals surface area (Å²) in [7, 11) is 0. The van der Waals surface area contributed by atoms with Gasteiger partial charge < -0.3 is 10.4 Å². The molecule has 0 fully saturated rings. The topological polar surface area (TPSA) is 35.5 Å². The van der Waals surface area contributed by atoms with E-state index < -0.39 is 0 Å². The number of thiophene rings is 1. The van der Waals surface area contributed by atoms with Crippen LogP contribution >= 0.6 is 11.3 Å². The molecule has 2 N–H and O–H groups in total.